The van der Waals surface area contributed by atoms with Gasteiger partial charge in [-0.1, -0.05) is 18.2 Å². The topological polar surface area (TPSA) is 180 Å². The van der Waals surface area contributed by atoms with E-state index in [2.05, 4.69) is 20.4 Å². The van der Waals surface area contributed by atoms with E-state index in [4.69, 9.17) is 28.7 Å². The third kappa shape index (κ3) is 5.29. The van der Waals surface area contributed by atoms with Crippen molar-refractivity contribution in [1.29, 1.82) is 0 Å². The number of hydrogen-bond donors (Lipinski definition) is 5. The third-order valence-electron chi connectivity index (χ3n) is 2.52. The standard InChI is InChI=1S/C12H19N9.ClH/c1-6(18-20-11(14)15)8-4-3-5-9(10(8)13)7(2)19-21-12(16)17;/h3-5H,13H2,1-2H3,(H4,14,15,20)(H4,16,17,21);1H/b18-6+,19-7+;. The highest BCUT2D eigenvalue weighted by molar-refractivity contribution is 6.10. The first-order valence-corrected chi connectivity index (χ1v) is 5.98. The summed E-state index contributed by atoms with van der Waals surface area (Å²) in [7, 11) is 0. The summed E-state index contributed by atoms with van der Waals surface area (Å²) in [5, 5.41) is 15.0. The molecule has 0 unspecified atom stereocenters. The van der Waals surface area contributed by atoms with Crippen LogP contribution >= 0.6 is 12.4 Å². The lowest BCUT2D eigenvalue weighted by Crippen LogP contribution is -2.22. The van der Waals surface area contributed by atoms with Crippen molar-refractivity contribution < 1.29 is 0 Å². The molecule has 10 N–H and O–H groups in total. The zero-order chi connectivity index (χ0) is 16.0. The Morgan fingerprint density at radius 1 is 0.773 bits per heavy atom. The second-order valence-electron chi connectivity index (χ2n) is 4.19. The van der Waals surface area contributed by atoms with Gasteiger partial charge in [0.1, 0.15) is 0 Å². The lowest BCUT2D eigenvalue weighted by molar-refractivity contribution is 1.19. The quantitative estimate of drug-likeness (QED) is 0.220. The van der Waals surface area contributed by atoms with Crippen molar-refractivity contribution in [2.24, 2.45) is 43.3 Å². The highest BCUT2D eigenvalue weighted by Crippen LogP contribution is 2.19. The van der Waals surface area contributed by atoms with Gasteiger partial charge in [-0.3, -0.25) is 0 Å². The minimum absolute atomic E-state index is 0. The van der Waals surface area contributed by atoms with E-state index in [-0.39, 0.29) is 24.3 Å². The van der Waals surface area contributed by atoms with Crippen LogP contribution in [0.3, 0.4) is 0 Å². The molecule has 22 heavy (non-hydrogen) atoms. The van der Waals surface area contributed by atoms with Crippen LogP contribution in [0.15, 0.2) is 38.6 Å². The normalized spacial score (nSPS) is 11.4. The van der Waals surface area contributed by atoms with Crippen LogP contribution < -0.4 is 28.7 Å². The molecule has 1 aromatic rings. The summed E-state index contributed by atoms with van der Waals surface area (Å²) in [4.78, 5) is 0. The molecule has 0 bridgehead atoms. The minimum Gasteiger partial charge on any atom is -0.398 e. The maximum Gasteiger partial charge on any atom is 0.211 e. The average Bonchev–Trinajstić information content (AvgIpc) is 2.42. The summed E-state index contributed by atoms with van der Waals surface area (Å²) in [6.45, 7) is 3.48. The van der Waals surface area contributed by atoms with E-state index < -0.39 is 0 Å². The highest BCUT2D eigenvalue weighted by atomic mass is 35.5. The van der Waals surface area contributed by atoms with E-state index in [1.54, 1.807) is 26.0 Å². The molecule has 10 heteroatoms. The molecule has 0 saturated carbocycles. The first-order chi connectivity index (χ1) is 9.82. The van der Waals surface area contributed by atoms with Gasteiger partial charge in [0.15, 0.2) is 0 Å². The van der Waals surface area contributed by atoms with Crippen molar-refractivity contribution in [2.45, 2.75) is 13.8 Å². The summed E-state index contributed by atoms with van der Waals surface area (Å²) >= 11 is 0. The molecule has 0 spiro atoms. The second-order valence-corrected chi connectivity index (χ2v) is 4.19. The predicted molar refractivity (Wildman–Crippen MR) is 94.1 cm³/mol. The van der Waals surface area contributed by atoms with Crippen molar-refractivity contribution in [3.8, 4) is 0 Å². The van der Waals surface area contributed by atoms with Crippen molar-refractivity contribution in [2.75, 3.05) is 5.73 Å². The fraction of sp³-hybridized carbons (Fsp3) is 0.167. The van der Waals surface area contributed by atoms with Crippen molar-refractivity contribution in [1.82, 2.24) is 0 Å². The molecular formula is C12H20ClN9. The van der Waals surface area contributed by atoms with Crippen LogP contribution in [0, 0.1) is 0 Å². The first-order valence-electron chi connectivity index (χ1n) is 5.98. The van der Waals surface area contributed by atoms with E-state index in [1.165, 1.54) is 0 Å². The van der Waals surface area contributed by atoms with Gasteiger partial charge in [-0.05, 0) is 13.8 Å². The molecule has 1 rings (SSSR count). The number of guanidine groups is 2. The number of nitrogens with two attached hydrogens (primary N) is 5. The maximum atomic E-state index is 6.11. The van der Waals surface area contributed by atoms with Gasteiger partial charge >= 0.3 is 0 Å². The van der Waals surface area contributed by atoms with Crippen molar-refractivity contribution >= 4 is 41.4 Å². The largest absolute Gasteiger partial charge is 0.398 e. The molecule has 0 amide bonds. The molecule has 0 aromatic heterocycles. The molecule has 0 atom stereocenters. The van der Waals surface area contributed by atoms with Gasteiger partial charge < -0.3 is 28.7 Å². The predicted octanol–water partition coefficient (Wildman–Crippen LogP) is -0.315. The Balaban J connectivity index is 0.00000441. The van der Waals surface area contributed by atoms with E-state index >= 15 is 0 Å². The molecule has 0 aliphatic rings. The van der Waals surface area contributed by atoms with Crippen LogP contribution in [0.2, 0.25) is 0 Å². The molecule has 0 radical (unpaired) electrons. The van der Waals surface area contributed by atoms with Gasteiger partial charge in [0, 0.05) is 16.8 Å². The Labute approximate surface area is 134 Å². The molecule has 120 valence electrons. The molecule has 0 saturated heterocycles. The van der Waals surface area contributed by atoms with Gasteiger partial charge in [0.05, 0.1) is 11.4 Å². The fourth-order valence-electron chi connectivity index (χ4n) is 1.57. The number of nitrogens with zero attached hydrogens (tertiary/aromatic N) is 4. The molecule has 0 aliphatic carbocycles. The number of nitrogen functional groups attached to an aromatic ring is 1. The van der Waals surface area contributed by atoms with Gasteiger partial charge in [-0.25, -0.2) is 0 Å². The number of para-hydroxylation sites is 1. The summed E-state index contributed by atoms with van der Waals surface area (Å²) in [6, 6.07) is 5.41. The Hall–Kier alpha value is -2.81. The maximum absolute atomic E-state index is 6.11. The van der Waals surface area contributed by atoms with Crippen LogP contribution in [0.5, 0.6) is 0 Å². The van der Waals surface area contributed by atoms with E-state index in [0.717, 1.165) is 0 Å². The third-order valence-corrected chi connectivity index (χ3v) is 2.52. The number of halogens is 1. The number of benzene rings is 1. The van der Waals surface area contributed by atoms with Gasteiger partial charge in [-0.15, -0.1) is 22.6 Å². The van der Waals surface area contributed by atoms with Crippen molar-refractivity contribution in [3.63, 3.8) is 0 Å². The summed E-state index contributed by atoms with van der Waals surface area (Å²) < 4.78 is 0. The molecule has 0 heterocycles. The van der Waals surface area contributed by atoms with Gasteiger partial charge in [-0.2, -0.15) is 10.2 Å². The number of hydrogen-bond acceptors (Lipinski definition) is 5. The number of rotatable bonds is 4. The lowest BCUT2D eigenvalue weighted by Gasteiger charge is -2.09. The Bertz CT molecular complexity index is 586. The monoisotopic (exact) mass is 325 g/mol. The first kappa shape index (κ1) is 19.2. The van der Waals surface area contributed by atoms with Crippen LogP contribution in [0.4, 0.5) is 5.69 Å². The number of anilines is 1. The summed E-state index contributed by atoms with van der Waals surface area (Å²) in [5.41, 5.74) is 30.1. The average molecular weight is 326 g/mol. The van der Waals surface area contributed by atoms with Gasteiger partial charge in [0.25, 0.3) is 0 Å². The van der Waals surface area contributed by atoms with Crippen LogP contribution in [0.25, 0.3) is 0 Å². The Kier molecular flexibility index (Phi) is 7.39. The SMILES string of the molecule is C/C(=N\N=C(N)N)c1cccc(/C(C)=N/N=C(N)N)c1N.Cl. The molecule has 0 fully saturated rings. The minimum atomic E-state index is -0.130. The van der Waals surface area contributed by atoms with E-state index in [0.29, 0.717) is 28.2 Å². The molecule has 0 aliphatic heterocycles. The van der Waals surface area contributed by atoms with E-state index in [9.17, 15) is 0 Å². The zero-order valence-electron chi connectivity index (χ0n) is 12.3. The van der Waals surface area contributed by atoms with Crippen LogP contribution in [-0.4, -0.2) is 23.3 Å². The van der Waals surface area contributed by atoms with Gasteiger partial charge in [0.2, 0.25) is 11.9 Å². The molecule has 9 nitrogen and oxygen atoms in total. The van der Waals surface area contributed by atoms with Crippen molar-refractivity contribution in [3.05, 3.63) is 29.3 Å². The van der Waals surface area contributed by atoms with Crippen LogP contribution in [-0.2, 0) is 0 Å². The lowest BCUT2D eigenvalue weighted by atomic mass is 10.0. The second kappa shape index (κ2) is 8.47. The summed E-state index contributed by atoms with van der Waals surface area (Å²) in [6.07, 6.45) is 0. The molecule has 1 aromatic carbocycles. The fourth-order valence-corrected chi connectivity index (χ4v) is 1.57. The zero-order valence-corrected chi connectivity index (χ0v) is 13.1. The summed E-state index contributed by atoms with van der Waals surface area (Å²) in [5.74, 6) is -0.260. The Morgan fingerprint density at radius 3 is 1.45 bits per heavy atom. The Morgan fingerprint density at radius 2 is 1.14 bits per heavy atom. The highest BCUT2D eigenvalue weighted by Gasteiger charge is 2.10. The smallest absolute Gasteiger partial charge is 0.211 e. The van der Waals surface area contributed by atoms with Crippen LogP contribution in [0.1, 0.15) is 25.0 Å². The van der Waals surface area contributed by atoms with E-state index in [1.807, 2.05) is 6.07 Å². The molecular weight excluding hydrogens is 306 g/mol.